The molecule has 2 aliphatic rings. The number of nitrogens with zero attached hydrogens (tertiary/aromatic N) is 1. The second kappa shape index (κ2) is 3.97. The van der Waals surface area contributed by atoms with Crippen molar-refractivity contribution in [2.75, 3.05) is 5.75 Å². The lowest BCUT2D eigenvalue weighted by Crippen LogP contribution is -2.30. The van der Waals surface area contributed by atoms with Gasteiger partial charge in [-0.05, 0) is 30.5 Å². The van der Waals surface area contributed by atoms with E-state index in [1.807, 2.05) is 29.2 Å². The molecule has 1 aliphatic heterocycles. The maximum atomic E-state index is 11.8. The van der Waals surface area contributed by atoms with Crippen LogP contribution in [-0.2, 0) is 4.79 Å². The van der Waals surface area contributed by atoms with Crippen LogP contribution in [0.2, 0.25) is 5.02 Å². The highest BCUT2D eigenvalue weighted by Gasteiger charge is 2.42. The Morgan fingerprint density at radius 3 is 2.56 bits per heavy atom. The lowest BCUT2D eigenvalue weighted by atomic mass is 10.2. The molecule has 84 valence electrons. The number of carbonyl (C=O) groups is 1. The number of thioether (sulfide) groups is 1. The molecule has 0 spiro atoms. The monoisotopic (exact) mass is 253 g/mol. The summed E-state index contributed by atoms with van der Waals surface area (Å²) in [6.07, 6.45) is 2.33. The zero-order valence-electron chi connectivity index (χ0n) is 8.73. The zero-order valence-corrected chi connectivity index (χ0v) is 10.3. The molecule has 2 fully saturated rings. The van der Waals surface area contributed by atoms with Crippen molar-refractivity contribution >= 4 is 29.3 Å². The summed E-state index contributed by atoms with van der Waals surface area (Å²) in [6, 6.07) is 8.32. The molecule has 0 unspecified atom stereocenters. The van der Waals surface area contributed by atoms with E-state index in [9.17, 15) is 4.79 Å². The summed E-state index contributed by atoms with van der Waals surface area (Å²) in [5.74, 6) is 0.900. The van der Waals surface area contributed by atoms with Crippen molar-refractivity contribution in [3.63, 3.8) is 0 Å². The number of carbonyl (C=O) groups excluding carboxylic acids is 1. The minimum Gasteiger partial charge on any atom is -0.323 e. The van der Waals surface area contributed by atoms with Crippen LogP contribution in [0.5, 0.6) is 0 Å². The highest BCUT2D eigenvalue weighted by Crippen LogP contribution is 2.45. The van der Waals surface area contributed by atoms with E-state index in [-0.39, 0.29) is 11.3 Å². The summed E-state index contributed by atoms with van der Waals surface area (Å²) in [6.45, 7) is 0. The van der Waals surface area contributed by atoms with Crippen molar-refractivity contribution in [2.45, 2.75) is 24.3 Å². The Labute approximate surface area is 104 Å². The summed E-state index contributed by atoms with van der Waals surface area (Å²) in [7, 11) is 0. The molecule has 1 saturated heterocycles. The molecular formula is C12H12ClNOS. The van der Waals surface area contributed by atoms with Gasteiger partial charge in [-0.2, -0.15) is 0 Å². The third-order valence-corrected chi connectivity index (χ3v) is 4.48. The van der Waals surface area contributed by atoms with E-state index in [4.69, 9.17) is 11.6 Å². The molecule has 0 aromatic heterocycles. The van der Waals surface area contributed by atoms with Crippen LogP contribution in [0.3, 0.4) is 0 Å². The Bertz CT molecular complexity index is 416. The van der Waals surface area contributed by atoms with E-state index in [2.05, 4.69) is 0 Å². The van der Waals surface area contributed by atoms with Crippen molar-refractivity contribution in [3.05, 3.63) is 34.9 Å². The molecule has 0 radical (unpaired) electrons. The quantitative estimate of drug-likeness (QED) is 0.807. The largest absolute Gasteiger partial charge is 0.323 e. The fourth-order valence-electron chi connectivity index (χ4n) is 2.07. The van der Waals surface area contributed by atoms with E-state index in [0.717, 1.165) is 17.9 Å². The smallest absolute Gasteiger partial charge is 0.234 e. The fourth-order valence-corrected chi connectivity index (χ4v) is 3.44. The average molecular weight is 254 g/mol. The lowest BCUT2D eigenvalue weighted by Gasteiger charge is -2.23. The van der Waals surface area contributed by atoms with Gasteiger partial charge in [-0.25, -0.2) is 0 Å². The SMILES string of the molecule is O=C1CS[C@@H](c2ccc(Cl)cc2)N1C1CC1. The molecule has 1 aliphatic carbocycles. The highest BCUT2D eigenvalue weighted by atomic mass is 35.5. The lowest BCUT2D eigenvalue weighted by molar-refractivity contribution is -0.128. The molecular weight excluding hydrogens is 242 g/mol. The van der Waals surface area contributed by atoms with Gasteiger partial charge in [0.1, 0.15) is 5.37 Å². The number of benzene rings is 1. The number of hydrogen-bond donors (Lipinski definition) is 0. The standard InChI is InChI=1S/C12H12ClNOS/c13-9-3-1-8(2-4-9)12-14(10-5-6-10)11(15)7-16-12/h1-4,10,12H,5-7H2/t12-/m0/s1. The van der Waals surface area contributed by atoms with Crippen molar-refractivity contribution in [1.82, 2.24) is 4.90 Å². The first-order chi connectivity index (χ1) is 7.75. The number of amides is 1. The minimum absolute atomic E-state index is 0.206. The van der Waals surface area contributed by atoms with E-state index < -0.39 is 0 Å². The molecule has 1 atom stereocenters. The van der Waals surface area contributed by atoms with Crippen LogP contribution in [0.15, 0.2) is 24.3 Å². The van der Waals surface area contributed by atoms with Crippen LogP contribution in [0.25, 0.3) is 0 Å². The Balaban J connectivity index is 1.88. The van der Waals surface area contributed by atoms with Crippen LogP contribution < -0.4 is 0 Å². The van der Waals surface area contributed by atoms with Gasteiger partial charge < -0.3 is 4.90 Å². The Morgan fingerprint density at radius 1 is 1.25 bits per heavy atom. The topological polar surface area (TPSA) is 20.3 Å². The molecule has 1 aromatic rings. The van der Waals surface area contributed by atoms with E-state index in [1.165, 1.54) is 5.56 Å². The second-order valence-electron chi connectivity index (χ2n) is 4.25. The molecule has 1 heterocycles. The van der Waals surface area contributed by atoms with Gasteiger partial charge >= 0.3 is 0 Å². The maximum Gasteiger partial charge on any atom is 0.234 e. The van der Waals surface area contributed by atoms with E-state index in [0.29, 0.717) is 11.8 Å². The normalized spacial score (nSPS) is 25.2. The molecule has 0 N–H and O–H groups in total. The third kappa shape index (κ3) is 1.82. The molecule has 1 saturated carbocycles. The van der Waals surface area contributed by atoms with Gasteiger partial charge in [-0.1, -0.05) is 23.7 Å². The molecule has 0 bridgehead atoms. The molecule has 3 rings (SSSR count). The zero-order chi connectivity index (χ0) is 11.1. The van der Waals surface area contributed by atoms with Gasteiger partial charge in [-0.3, -0.25) is 4.79 Å². The van der Waals surface area contributed by atoms with Crippen molar-refractivity contribution < 1.29 is 4.79 Å². The van der Waals surface area contributed by atoms with E-state index >= 15 is 0 Å². The predicted molar refractivity (Wildman–Crippen MR) is 66.5 cm³/mol. The Hall–Kier alpha value is -0.670. The van der Waals surface area contributed by atoms with Crippen molar-refractivity contribution in [2.24, 2.45) is 0 Å². The van der Waals surface area contributed by atoms with Gasteiger partial charge in [-0.15, -0.1) is 11.8 Å². The van der Waals surface area contributed by atoms with Crippen molar-refractivity contribution in [3.8, 4) is 0 Å². The fraction of sp³-hybridized carbons (Fsp3) is 0.417. The maximum absolute atomic E-state index is 11.8. The van der Waals surface area contributed by atoms with Crippen LogP contribution >= 0.6 is 23.4 Å². The summed E-state index contributed by atoms with van der Waals surface area (Å²) >= 11 is 7.59. The minimum atomic E-state index is 0.206. The van der Waals surface area contributed by atoms with Crippen molar-refractivity contribution in [1.29, 1.82) is 0 Å². The first-order valence-electron chi connectivity index (χ1n) is 5.44. The number of hydrogen-bond acceptors (Lipinski definition) is 2. The summed E-state index contributed by atoms with van der Waals surface area (Å²) < 4.78 is 0. The third-order valence-electron chi connectivity index (χ3n) is 3.00. The summed E-state index contributed by atoms with van der Waals surface area (Å²) in [5.41, 5.74) is 1.19. The first-order valence-corrected chi connectivity index (χ1v) is 6.86. The highest BCUT2D eigenvalue weighted by molar-refractivity contribution is 8.00. The Morgan fingerprint density at radius 2 is 1.94 bits per heavy atom. The average Bonchev–Trinajstić information content (AvgIpc) is 3.04. The molecule has 16 heavy (non-hydrogen) atoms. The summed E-state index contributed by atoms with van der Waals surface area (Å²) in [4.78, 5) is 13.8. The molecule has 1 aromatic carbocycles. The predicted octanol–water partition coefficient (Wildman–Crippen LogP) is 3.08. The Kier molecular flexibility index (Phi) is 2.60. The van der Waals surface area contributed by atoms with Gasteiger partial charge in [0, 0.05) is 11.1 Å². The number of halogens is 1. The first kappa shape index (κ1) is 10.5. The van der Waals surface area contributed by atoms with Crippen LogP contribution in [0, 0.1) is 0 Å². The van der Waals surface area contributed by atoms with E-state index in [1.54, 1.807) is 11.8 Å². The van der Waals surface area contributed by atoms with Gasteiger partial charge in [0.2, 0.25) is 5.91 Å². The number of rotatable bonds is 2. The molecule has 2 nitrogen and oxygen atoms in total. The van der Waals surface area contributed by atoms with Crippen LogP contribution in [-0.4, -0.2) is 22.6 Å². The van der Waals surface area contributed by atoms with Gasteiger partial charge in [0.25, 0.3) is 0 Å². The van der Waals surface area contributed by atoms with Gasteiger partial charge in [0.15, 0.2) is 0 Å². The van der Waals surface area contributed by atoms with Crippen LogP contribution in [0.4, 0.5) is 0 Å². The summed E-state index contributed by atoms with van der Waals surface area (Å²) in [5, 5.41) is 0.952. The second-order valence-corrected chi connectivity index (χ2v) is 5.75. The molecule has 4 heteroatoms. The molecule has 1 amide bonds. The van der Waals surface area contributed by atoms with Crippen LogP contribution in [0.1, 0.15) is 23.8 Å². The van der Waals surface area contributed by atoms with Gasteiger partial charge in [0.05, 0.1) is 5.75 Å².